The lowest BCUT2D eigenvalue weighted by atomic mass is 9.87. The van der Waals surface area contributed by atoms with Gasteiger partial charge >= 0.3 is 0 Å². The van der Waals surface area contributed by atoms with E-state index < -0.39 is 20.3 Å². The highest BCUT2D eigenvalue weighted by molar-refractivity contribution is 6.76. The lowest BCUT2D eigenvalue weighted by Gasteiger charge is -2.53. The lowest BCUT2D eigenvalue weighted by molar-refractivity contribution is -0.159. The topological polar surface area (TPSA) is 38.8 Å². The number of alkyl halides is 1. The molecule has 1 fully saturated rings. The molecule has 0 aliphatic carbocycles. The zero-order chi connectivity index (χ0) is 13.9. The maximum absolute atomic E-state index is 13.5. The molecule has 0 aromatic carbocycles. The van der Waals surface area contributed by atoms with Gasteiger partial charge in [-0.15, -0.1) is 0 Å². The minimum Gasteiger partial charge on any atom is -0.364 e. The SMILES string of the molecule is CCOCOC[C@@H]1[C@@H]([C@@H](C)F)C(=O)N1[Si](C)(C)C. The Morgan fingerprint density at radius 1 is 1.39 bits per heavy atom. The third-order valence-corrected chi connectivity index (χ3v) is 5.14. The molecule has 1 aliphatic rings. The van der Waals surface area contributed by atoms with Gasteiger partial charge in [-0.3, -0.25) is 4.79 Å². The smallest absolute Gasteiger partial charge is 0.223 e. The number of hydrogen-bond acceptors (Lipinski definition) is 3. The van der Waals surface area contributed by atoms with Gasteiger partial charge in [-0.25, -0.2) is 4.39 Å². The third-order valence-electron chi connectivity index (χ3n) is 3.15. The quantitative estimate of drug-likeness (QED) is 0.309. The number of carbonyl (C=O) groups is 1. The van der Waals surface area contributed by atoms with Crippen molar-refractivity contribution in [2.24, 2.45) is 5.92 Å². The minimum absolute atomic E-state index is 0.0609. The molecule has 0 unspecified atom stereocenters. The molecule has 0 radical (unpaired) electrons. The summed E-state index contributed by atoms with van der Waals surface area (Å²) < 4.78 is 25.8. The van der Waals surface area contributed by atoms with E-state index in [1.807, 2.05) is 11.5 Å². The van der Waals surface area contributed by atoms with Crippen LogP contribution in [0.5, 0.6) is 0 Å². The predicted molar refractivity (Wildman–Crippen MR) is 70.5 cm³/mol. The molecule has 6 heteroatoms. The fourth-order valence-corrected chi connectivity index (χ4v) is 4.43. The van der Waals surface area contributed by atoms with Crippen molar-refractivity contribution in [1.82, 2.24) is 4.57 Å². The second-order valence-corrected chi connectivity index (χ2v) is 10.5. The molecule has 0 aromatic heterocycles. The molecule has 0 N–H and O–H groups in total. The molecule has 1 aliphatic heterocycles. The Hall–Kier alpha value is -0.463. The van der Waals surface area contributed by atoms with E-state index >= 15 is 0 Å². The number of amides is 1. The molecular formula is C12H24FNO3Si. The van der Waals surface area contributed by atoms with Gasteiger partial charge in [-0.1, -0.05) is 19.6 Å². The van der Waals surface area contributed by atoms with Crippen LogP contribution in [0.2, 0.25) is 19.6 Å². The van der Waals surface area contributed by atoms with Crippen molar-refractivity contribution in [2.75, 3.05) is 20.0 Å². The van der Waals surface area contributed by atoms with Gasteiger partial charge in [-0.2, -0.15) is 0 Å². The summed E-state index contributed by atoms with van der Waals surface area (Å²) in [7, 11) is -1.76. The highest BCUT2D eigenvalue weighted by Gasteiger charge is 2.54. The standard InChI is InChI=1S/C12H24FNO3Si/c1-6-16-8-17-7-10-11(9(2)13)12(15)14(10)18(3,4)5/h9-11H,6-8H2,1-5H3/t9-,10-,11-/m1/s1. The zero-order valence-electron chi connectivity index (χ0n) is 11.9. The fourth-order valence-electron chi connectivity index (χ4n) is 2.39. The summed E-state index contributed by atoms with van der Waals surface area (Å²) in [5.41, 5.74) is 0. The van der Waals surface area contributed by atoms with Gasteiger partial charge in [-0.05, 0) is 13.8 Å². The summed E-state index contributed by atoms with van der Waals surface area (Å²) in [5, 5.41) is 0. The summed E-state index contributed by atoms with van der Waals surface area (Å²) in [6, 6.07) is -0.135. The van der Waals surface area contributed by atoms with Crippen LogP contribution in [0.25, 0.3) is 0 Å². The van der Waals surface area contributed by atoms with Gasteiger partial charge in [0.25, 0.3) is 0 Å². The number of nitrogens with zero attached hydrogens (tertiary/aromatic N) is 1. The predicted octanol–water partition coefficient (Wildman–Crippen LogP) is 2.02. The summed E-state index contributed by atoms with van der Waals surface area (Å²) in [4.78, 5) is 12.0. The minimum atomic E-state index is -1.76. The molecule has 1 saturated heterocycles. The summed E-state index contributed by atoms with van der Waals surface area (Å²) >= 11 is 0. The molecule has 1 rings (SSSR count). The van der Waals surface area contributed by atoms with E-state index in [4.69, 9.17) is 9.47 Å². The molecular weight excluding hydrogens is 253 g/mol. The summed E-state index contributed by atoms with van der Waals surface area (Å²) in [6.07, 6.45) is -1.12. The first kappa shape index (κ1) is 15.6. The van der Waals surface area contributed by atoms with E-state index in [1.165, 1.54) is 6.92 Å². The highest BCUT2D eigenvalue weighted by atomic mass is 28.3. The Kier molecular flexibility index (Phi) is 5.30. The van der Waals surface area contributed by atoms with Crippen molar-refractivity contribution in [3.8, 4) is 0 Å². The van der Waals surface area contributed by atoms with Crippen LogP contribution in [0.4, 0.5) is 4.39 Å². The number of rotatable bonds is 7. The Morgan fingerprint density at radius 3 is 2.44 bits per heavy atom. The maximum Gasteiger partial charge on any atom is 0.223 e. The van der Waals surface area contributed by atoms with Crippen LogP contribution in [0.3, 0.4) is 0 Å². The van der Waals surface area contributed by atoms with E-state index in [2.05, 4.69) is 19.6 Å². The normalized spacial score (nSPS) is 26.1. The molecule has 1 heterocycles. The molecule has 106 valence electrons. The van der Waals surface area contributed by atoms with Gasteiger partial charge in [0.05, 0.1) is 18.6 Å². The molecule has 18 heavy (non-hydrogen) atoms. The van der Waals surface area contributed by atoms with Crippen molar-refractivity contribution in [3.05, 3.63) is 0 Å². The van der Waals surface area contributed by atoms with Crippen LogP contribution in [0.1, 0.15) is 13.8 Å². The Labute approximate surface area is 110 Å². The molecule has 4 nitrogen and oxygen atoms in total. The number of β-lactam (4-membered cyclic amide) rings is 1. The number of carbonyl (C=O) groups excluding carboxylic acids is 1. The van der Waals surface area contributed by atoms with Gasteiger partial charge in [0.15, 0.2) is 8.24 Å². The zero-order valence-corrected chi connectivity index (χ0v) is 12.9. The molecule has 0 aromatic rings. The van der Waals surface area contributed by atoms with Crippen LogP contribution >= 0.6 is 0 Å². The second-order valence-electron chi connectivity index (χ2n) is 5.63. The van der Waals surface area contributed by atoms with E-state index in [-0.39, 0.29) is 18.7 Å². The largest absolute Gasteiger partial charge is 0.364 e. The molecule has 0 spiro atoms. The van der Waals surface area contributed by atoms with E-state index in [1.54, 1.807) is 0 Å². The fraction of sp³-hybridized carbons (Fsp3) is 0.917. The first-order valence-electron chi connectivity index (χ1n) is 6.43. The van der Waals surface area contributed by atoms with Crippen molar-refractivity contribution in [3.63, 3.8) is 0 Å². The van der Waals surface area contributed by atoms with E-state index in [9.17, 15) is 9.18 Å². The average molecular weight is 277 g/mol. The maximum atomic E-state index is 13.5. The highest BCUT2D eigenvalue weighted by Crippen LogP contribution is 2.35. The first-order chi connectivity index (χ1) is 8.30. The van der Waals surface area contributed by atoms with Gasteiger partial charge in [0.2, 0.25) is 5.91 Å². The Balaban J connectivity index is 2.60. The van der Waals surface area contributed by atoms with Crippen LogP contribution < -0.4 is 0 Å². The Bertz CT molecular complexity index is 294. The van der Waals surface area contributed by atoms with Crippen LogP contribution in [0, 0.1) is 5.92 Å². The number of hydrogen-bond donors (Lipinski definition) is 0. The summed E-state index contributed by atoms with van der Waals surface area (Å²) in [5.74, 6) is -0.604. The Morgan fingerprint density at radius 2 is 2.00 bits per heavy atom. The molecule has 0 bridgehead atoms. The van der Waals surface area contributed by atoms with Crippen molar-refractivity contribution in [1.29, 1.82) is 0 Å². The van der Waals surface area contributed by atoms with Gasteiger partial charge in [0, 0.05) is 6.61 Å². The van der Waals surface area contributed by atoms with Crippen LogP contribution in [-0.2, 0) is 14.3 Å². The van der Waals surface area contributed by atoms with Gasteiger partial charge in [0.1, 0.15) is 13.0 Å². The van der Waals surface area contributed by atoms with Gasteiger partial charge < -0.3 is 14.0 Å². The van der Waals surface area contributed by atoms with E-state index in [0.717, 1.165) is 0 Å². The molecule has 0 saturated carbocycles. The van der Waals surface area contributed by atoms with Crippen molar-refractivity contribution < 1.29 is 18.7 Å². The van der Waals surface area contributed by atoms with Crippen LogP contribution in [-0.4, -0.2) is 50.9 Å². The first-order valence-corrected chi connectivity index (χ1v) is 9.88. The van der Waals surface area contributed by atoms with Crippen molar-refractivity contribution in [2.45, 2.75) is 45.7 Å². The molecule has 1 amide bonds. The number of halogens is 1. The molecule has 3 atom stereocenters. The third kappa shape index (κ3) is 3.30. The average Bonchev–Trinajstić information content (AvgIpc) is 2.19. The number of ether oxygens (including phenoxy) is 2. The van der Waals surface area contributed by atoms with Crippen LogP contribution in [0.15, 0.2) is 0 Å². The monoisotopic (exact) mass is 277 g/mol. The van der Waals surface area contributed by atoms with E-state index in [0.29, 0.717) is 13.2 Å². The second kappa shape index (κ2) is 6.12. The lowest BCUT2D eigenvalue weighted by Crippen LogP contribution is -2.72. The van der Waals surface area contributed by atoms with Crippen molar-refractivity contribution >= 4 is 14.1 Å². The summed E-state index contributed by atoms with van der Waals surface area (Å²) in [6.45, 7) is 10.7.